The molecule has 1 aliphatic heterocycles. The first-order chi connectivity index (χ1) is 15.9. The Morgan fingerprint density at radius 3 is 2.39 bits per heavy atom. The Morgan fingerprint density at radius 1 is 1.03 bits per heavy atom. The van der Waals surface area contributed by atoms with Crippen LogP contribution in [0.5, 0.6) is 0 Å². The molecule has 5 rings (SSSR count). The second-order valence-electron chi connectivity index (χ2n) is 7.74. The Kier molecular flexibility index (Phi) is 5.35. The fraction of sp³-hybridized carbons (Fsp3) is 0.227. The van der Waals surface area contributed by atoms with Gasteiger partial charge < -0.3 is 14.4 Å². The summed E-state index contributed by atoms with van der Waals surface area (Å²) in [5, 5.41) is 0. The molecular weight excluding hydrogens is 442 g/mol. The van der Waals surface area contributed by atoms with Crippen molar-refractivity contribution in [2.24, 2.45) is 0 Å². The molecule has 10 nitrogen and oxygen atoms in total. The maximum atomic E-state index is 13.4. The molecule has 4 aromatic rings. The predicted molar refractivity (Wildman–Crippen MR) is 122 cm³/mol. The van der Waals surface area contributed by atoms with E-state index in [9.17, 15) is 13.6 Å². The predicted octanol–water partition coefficient (Wildman–Crippen LogP) is 1.77. The van der Waals surface area contributed by atoms with Gasteiger partial charge in [-0.2, -0.15) is 0 Å². The normalized spacial score (nSPS) is 16.1. The van der Waals surface area contributed by atoms with Crippen LogP contribution in [0.4, 0.5) is 5.95 Å². The second-order valence-corrected chi connectivity index (χ2v) is 9.76. The number of rotatable bonds is 4. The molecule has 11 heteroatoms. The average Bonchev–Trinajstić information content (AvgIpc) is 3.23. The molecule has 1 unspecified atom stereocenters. The third-order valence-electron chi connectivity index (χ3n) is 5.60. The topological polar surface area (TPSA) is 120 Å². The summed E-state index contributed by atoms with van der Waals surface area (Å²) in [6.45, 7) is 2.30. The van der Waals surface area contributed by atoms with Gasteiger partial charge in [0.1, 0.15) is 6.26 Å². The molecule has 168 valence electrons. The molecule has 0 bridgehead atoms. The van der Waals surface area contributed by atoms with Crippen molar-refractivity contribution >= 4 is 27.6 Å². The van der Waals surface area contributed by atoms with Gasteiger partial charge in [0.25, 0.3) is 5.91 Å². The van der Waals surface area contributed by atoms with Gasteiger partial charge in [0.15, 0.2) is 4.90 Å². The molecule has 1 atom stereocenters. The van der Waals surface area contributed by atoms with Gasteiger partial charge in [0.2, 0.25) is 11.8 Å². The molecule has 1 saturated heterocycles. The highest BCUT2D eigenvalue weighted by atomic mass is 32.3. The SMILES string of the molecule is C[S+](=O)([O-])c1ccc(-c2nc(C(=O)N3CCN(c4ncccn4)CC3)n3ccncc23)cc1. The Labute approximate surface area is 191 Å². The average molecular weight is 464 g/mol. The first-order valence-electron chi connectivity index (χ1n) is 10.4. The molecule has 0 saturated carbocycles. The first-order valence-corrected chi connectivity index (χ1v) is 12.2. The van der Waals surface area contributed by atoms with Crippen LogP contribution in [0, 0.1) is 0 Å². The van der Waals surface area contributed by atoms with E-state index >= 15 is 0 Å². The van der Waals surface area contributed by atoms with E-state index in [-0.39, 0.29) is 10.8 Å². The molecule has 1 fully saturated rings. The zero-order valence-electron chi connectivity index (χ0n) is 17.9. The number of amides is 1. The molecule has 0 spiro atoms. The van der Waals surface area contributed by atoms with Crippen molar-refractivity contribution in [1.82, 2.24) is 29.2 Å². The Hall–Kier alpha value is -3.70. The highest BCUT2D eigenvalue weighted by molar-refractivity contribution is 7.97. The van der Waals surface area contributed by atoms with Crippen LogP contribution in [0.1, 0.15) is 10.6 Å². The van der Waals surface area contributed by atoms with E-state index in [0.717, 1.165) is 0 Å². The summed E-state index contributed by atoms with van der Waals surface area (Å²) >= 11 is 0. The number of fused-ring (bicyclic) bond motifs is 1. The highest BCUT2D eigenvalue weighted by Crippen LogP contribution is 2.27. The van der Waals surface area contributed by atoms with Crippen LogP contribution in [-0.4, -0.2) is 72.1 Å². The Balaban J connectivity index is 1.42. The van der Waals surface area contributed by atoms with Crippen LogP contribution in [0.2, 0.25) is 0 Å². The summed E-state index contributed by atoms with van der Waals surface area (Å²) in [4.78, 5) is 34.8. The number of nitrogens with zero attached hydrogens (tertiary/aromatic N) is 7. The van der Waals surface area contributed by atoms with Gasteiger partial charge in [-0.25, -0.2) is 15.0 Å². The highest BCUT2D eigenvalue weighted by Gasteiger charge is 2.27. The van der Waals surface area contributed by atoms with E-state index in [2.05, 4.69) is 19.9 Å². The summed E-state index contributed by atoms with van der Waals surface area (Å²) in [6.07, 6.45) is 9.53. The van der Waals surface area contributed by atoms with E-state index < -0.39 is 10.2 Å². The van der Waals surface area contributed by atoms with Crippen molar-refractivity contribution in [3.63, 3.8) is 0 Å². The fourth-order valence-corrected chi connectivity index (χ4v) is 4.50. The monoisotopic (exact) mass is 463 g/mol. The molecule has 33 heavy (non-hydrogen) atoms. The first kappa shape index (κ1) is 21.2. The number of sulfone groups is 1. The number of piperazine rings is 1. The van der Waals surface area contributed by atoms with E-state index in [1.54, 1.807) is 70.6 Å². The molecule has 4 heterocycles. The maximum Gasteiger partial charge on any atom is 0.290 e. The number of hydrogen-bond donors (Lipinski definition) is 0. The standard InChI is InChI=1S/C22H21N7O3S/c1-33(31,32)17-5-3-16(4-6-17)19-18-15-23-9-10-29(18)20(26-19)21(30)27-11-13-28(14-12-27)22-24-7-2-8-25-22/h2-10,15H,11-14H2,1H3. The fourth-order valence-electron chi connectivity index (χ4n) is 3.87. The number of carbonyl (C=O) groups is 1. The minimum Gasteiger partial charge on any atom is -0.610 e. The molecular formula is C22H21N7O3S. The van der Waals surface area contributed by atoms with Gasteiger partial charge in [-0.1, -0.05) is 0 Å². The smallest absolute Gasteiger partial charge is 0.290 e. The van der Waals surface area contributed by atoms with Gasteiger partial charge >= 0.3 is 0 Å². The number of benzene rings is 1. The molecule has 1 aromatic carbocycles. The van der Waals surface area contributed by atoms with Crippen LogP contribution >= 0.6 is 0 Å². The molecule has 0 radical (unpaired) electrons. The van der Waals surface area contributed by atoms with Crippen molar-refractivity contribution in [1.29, 1.82) is 0 Å². The lowest BCUT2D eigenvalue weighted by atomic mass is 10.1. The van der Waals surface area contributed by atoms with Gasteiger partial charge in [-0.05, 0) is 30.3 Å². The quantitative estimate of drug-likeness (QED) is 0.420. The second kappa shape index (κ2) is 8.34. The number of carbonyl (C=O) groups excluding carboxylic acids is 1. The van der Waals surface area contributed by atoms with Crippen LogP contribution in [0.3, 0.4) is 0 Å². The summed E-state index contributed by atoms with van der Waals surface area (Å²) in [7, 11) is -3.30. The number of hydrogen-bond acceptors (Lipinski definition) is 8. The van der Waals surface area contributed by atoms with E-state index in [0.29, 0.717) is 54.7 Å². The zero-order valence-corrected chi connectivity index (χ0v) is 18.7. The number of imidazole rings is 1. The minimum absolute atomic E-state index is 0.177. The van der Waals surface area contributed by atoms with Gasteiger partial charge in [0, 0.05) is 56.5 Å². The van der Waals surface area contributed by atoms with Crippen molar-refractivity contribution < 1.29 is 13.6 Å². The van der Waals surface area contributed by atoms with Crippen LogP contribution in [0.25, 0.3) is 16.8 Å². The van der Waals surface area contributed by atoms with Gasteiger partial charge in [0.05, 0.1) is 27.6 Å². The third kappa shape index (κ3) is 4.08. The van der Waals surface area contributed by atoms with Crippen LogP contribution in [-0.2, 0) is 14.4 Å². The van der Waals surface area contributed by atoms with E-state index in [4.69, 9.17) is 0 Å². The Morgan fingerprint density at radius 2 is 1.73 bits per heavy atom. The van der Waals surface area contributed by atoms with Gasteiger partial charge in [-0.3, -0.25) is 14.2 Å². The molecule has 3 aromatic heterocycles. The lowest BCUT2D eigenvalue weighted by molar-refractivity contribution is 0.0733. The molecule has 1 amide bonds. The van der Waals surface area contributed by atoms with Crippen LogP contribution < -0.4 is 4.90 Å². The van der Waals surface area contributed by atoms with Gasteiger partial charge in [-0.15, -0.1) is 4.21 Å². The summed E-state index contributed by atoms with van der Waals surface area (Å²) in [6, 6.07) is 8.24. The maximum absolute atomic E-state index is 13.4. The summed E-state index contributed by atoms with van der Waals surface area (Å²) in [5.74, 6) is 0.768. The minimum atomic E-state index is -3.30. The largest absolute Gasteiger partial charge is 0.610 e. The lowest BCUT2D eigenvalue weighted by Gasteiger charge is -2.34. The van der Waals surface area contributed by atoms with E-state index in [1.165, 1.54) is 6.26 Å². The Bertz CT molecular complexity index is 1340. The van der Waals surface area contributed by atoms with Crippen molar-refractivity contribution in [2.45, 2.75) is 4.90 Å². The molecule has 0 aliphatic carbocycles. The zero-order chi connectivity index (χ0) is 23.0. The summed E-state index contributed by atoms with van der Waals surface area (Å²) in [5.41, 5.74) is 1.95. The van der Waals surface area contributed by atoms with Crippen molar-refractivity contribution in [3.05, 3.63) is 67.1 Å². The van der Waals surface area contributed by atoms with E-state index in [1.807, 2.05) is 4.90 Å². The molecule has 1 aliphatic rings. The van der Waals surface area contributed by atoms with Crippen molar-refractivity contribution in [3.8, 4) is 11.3 Å². The van der Waals surface area contributed by atoms with Crippen LogP contribution in [0.15, 0.2) is 66.2 Å². The number of aromatic nitrogens is 5. The van der Waals surface area contributed by atoms with Crippen molar-refractivity contribution in [2.75, 3.05) is 37.3 Å². The molecule has 0 N–H and O–H groups in total. The third-order valence-corrected chi connectivity index (χ3v) is 6.72. The number of anilines is 1. The summed E-state index contributed by atoms with van der Waals surface area (Å²) < 4.78 is 25.3. The lowest BCUT2D eigenvalue weighted by Crippen LogP contribution is -2.49.